The van der Waals surface area contributed by atoms with Crippen molar-refractivity contribution in [1.29, 1.82) is 0 Å². The average Bonchev–Trinajstić information content (AvgIpc) is 2.69. The van der Waals surface area contributed by atoms with E-state index >= 15 is 0 Å². The molecule has 1 N–H and O–H groups in total. The molecule has 1 aromatic rings. The first kappa shape index (κ1) is 12.4. The lowest BCUT2D eigenvalue weighted by molar-refractivity contribution is 0.00820. The Hall–Kier alpha value is -1.62. The van der Waals surface area contributed by atoms with E-state index in [1.165, 1.54) is 12.3 Å². The number of nitrogens with one attached hydrogen (secondary N) is 1. The molecule has 102 valence electrons. The fourth-order valence-corrected chi connectivity index (χ4v) is 3.34. The minimum absolute atomic E-state index is 0.0262. The first-order valence-corrected chi connectivity index (χ1v) is 6.73. The van der Waals surface area contributed by atoms with Crippen molar-refractivity contribution in [3.63, 3.8) is 0 Å². The second-order valence-corrected chi connectivity index (χ2v) is 5.37. The summed E-state index contributed by atoms with van der Waals surface area (Å²) in [5.41, 5.74) is 0.380. The zero-order valence-electron chi connectivity index (χ0n) is 11.0. The molecule has 1 aromatic heterocycles. The van der Waals surface area contributed by atoms with Crippen LogP contribution in [0.15, 0.2) is 23.1 Å². The predicted molar refractivity (Wildman–Crippen MR) is 70.1 cm³/mol. The number of aromatic nitrogens is 1. The van der Waals surface area contributed by atoms with Crippen molar-refractivity contribution in [3.8, 4) is 0 Å². The fraction of sp³-hybridized carbons (Fsp3) is 0.571. The van der Waals surface area contributed by atoms with Crippen molar-refractivity contribution in [2.24, 2.45) is 0 Å². The van der Waals surface area contributed by atoms with Gasteiger partial charge in [0.05, 0.1) is 11.7 Å². The highest BCUT2D eigenvalue weighted by Crippen LogP contribution is 2.37. The zero-order chi connectivity index (χ0) is 13.4. The highest BCUT2D eigenvalue weighted by atomic mass is 16.5. The SMILES string of the molecule is COC1CC2CCC(C1)N2C(=O)c1ccc(=O)[nH]c1. The van der Waals surface area contributed by atoms with Crippen LogP contribution < -0.4 is 5.56 Å². The molecular weight excluding hydrogens is 244 g/mol. The molecule has 5 nitrogen and oxygen atoms in total. The van der Waals surface area contributed by atoms with E-state index in [1.807, 2.05) is 4.90 Å². The highest BCUT2D eigenvalue weighted by Gasteiger charge is 2.43. The third-order valence-electron chi connectivity index (χ3n) is 4.29. The van der Waals surface area contributed by atoms with Crippen molar-refractivity contribution in [2.75, 3.05) is 7.11 Å². The maximum absolute atomic E-state index is 12.5. The third-order valence-corrected chi connectivity index (χ3v) is 4.29. The molecule has 2 bridgehead atoms. The lowest BCUT2D eigenvalue weighted by atomic mass is 9.99. The van der Waals surface area contributed by atoms with Crippen LogP contribution in [0.3, 0.4) is 0 Å². The van der Waals surface area contributed by atoms with Gasteiger partial charge in [0.2, 0.25) is 5.56 Å². The quantitative estimate of drug-likeness (QED) is 0.870. The number of amides is 1. The van der Waals surface area contributed by atoms with E-state index in [-0.39, 0.29) is 29.7 Å². The van der Waals surface area contributed by atoms with Crippen LogP contribution in [0.5, 0.6) is 0 Å². The van der Waals surface area contributed by atoms with Gasteiger partial charge in [-0.2, -0.15) is 0 Å². The molecule has 1 amide bonds. The standard InChI is InChI=1S/C14H18N2O3/c1-19-12-6-10-3-4-11(7-12)16(10)14(18)9-2-5-13(17)15-8-9/h2,5,8,10-12H,3-4,6-7H2,1H3,(H,15,17). The molecule has 0 spiro atoms. The van der Waals surface area contributed by atoms with E-state index < -0.39 is 0 Å². The lowest BCUT2D eigenvalue weighted by Crippen LogP contribution is -2.48. The number of methoxy groups -OCH3 is 1. The van der Waals surface area contributed by atoms with Gasteiger partial charge in [0.1, 0.15) is 0 Å². The summed E-state index contributed by atoms with van der Waals surface area (Å²) in [5.74, 6) is 0.0262. The Balaban J connectivity index is 1.81. The van der Waals surface area contributed by atoms with Crippen molar-refractivity contribution in [2.45, 2.75) is 43.9 Å². The van der Waals surface area contributed by atoms with Crippen molar-refractivity contribution >= 4 is 5.91 Å². The molecular formula is C14H18N2O3. The van der Waals surface area contributed by atoms with Gasteiger partial charge in [-0.05, 0) is 31.7 Å². The molecule has 0 aromatic carbocycles. The summed E-state index contributed by atoms with van der Waals surface area (Å²) in [6.07, 6.45) is 5.73. The van der Waals surface area contributed by atoms with Gasteiger partial charge in [-0.25, -0.2) is 0 Å². The molecule has 3 rings (SSSR count). The molecule has 2 atom stereocenters. The average molecular weight is 262 g/mol. The number of carbonyl (C=O) groups is 1. The van der Waals surface area contributed by atoms with Crippen LogP contribution >= 0.6 is 0 Å². The number of ether oxygens (including phenoxy) is 1. The van der Waals surface area contributed by atoms with Crippen LogP contribution in [-0.4, -0.2) is 41.1 Å². The molecule has 0 radical (unpaired) electrons. The largest absolute Gasteiger partial charge is 0.381 e. The van der Waals surface area contributed by atoms with Gasteiger partial charge in [-0.15, -0.1) is 0 Å². The van der Waals surface area contributed by atoms with E-state index in [2.05, 4.69) is 4.98 Å². The van der Waals surface area contributed by atoms with E-state index in [1.54, 1.807) is 13.2 Å². The first-order chi connectivity index (χ1) is 9.19. The van der Waals surface area contributed by atoms with Crippen LogP contribution in [0.25, 0.3) is 0 Å². The summed E-state index contributed by atoms with van der Waals surface area (Å²) in [7, 11) is 1.74. The van der Waals surface area contributed by atoms with Gasteiger partial charge in [-0.3, -0.25) is 9.59 Å². The Bertz CT molecular complexity index is 505. The molecule has 2 aliphatic heterocycles. The monoisotopic (exact) mass is 262 g/mol. The Labute approximate surface area is 111 Å². The van der Waals surface area contributed by atoms with Crippen LogP contribution in [0, 0.1) is 0 Å². The van der Waals surface area contributed by atoms with Gasteiger partial charge in [-0.1, -0.05) is 0 Å². The minimum atomic E-state index is -0.183. The second kappa shape index (κ2) is 4.81. The van der Waals surface area contributed by atoms with E-state index in [0.29, 0.717) is 5.56 Å². The number of piperidine rings is 1. The lowest BCUT2D eigenvalue weighted by Gasteiger charge is -2.38. The van der Waals surface area contributed by atoms with E-state index in [9.17, 15) is 9.59 Å². The number of hydrogen-bond donors (Lipinski definition) is 1. The second-order valence-electron chi connectivity index (χ2n) is 5.37. The van der Waals surface area contributed by atoms with Crippen molar-refractivity contribution in [1.82, 2.24) is 9.88 Å². The van der Waals surface area contributed by atoms with Gasteiger partial charge in [0.25, 0.3) is 5.91 Å². The fourth-order valence-electron chi connectivity index (χ4n) is 3.34. The zero-order valence-corrected chi connectivity index (χ0v) is 11.0. The summed E-state index contributed by atoms with van der Waals surface area (Å²) in [4.78, 5) is 28.1. The third kappa shape index (κ3) is 2.18. The van der Waals surface area contributed by atoms with Crippen LogP contribution in [0.2, 0.25) is 0 Å². The van der Waals surface area contributed by atoms with Crippen LogP contribution in [-0.2, 0) is 4.74 Å². The number of nitrogens with zero attached hydrogens (tertiary/aromatic N) is 1. The van der Waals surface area contributed by atoms with Gasteiger partial charge in [0, 0.05) is 31.5 Å². The maximum Gasteiger partial charge on any atom is 0.255 e. The van der Waals surface area contributed by atoms with Crippen molar-refractivity contribution < 1.29 is 9.53 Å². The molecule has 19 heavy (non-hydrogen) atoms. The molecule has 0 aliphatic carbocycles. The number of fused-ring (bicyclic) bond motifs is 2. The summed E-state index contributed by atoms with van der Waals surface area (Å²) >= 11 is 0. The molecule has 0 saturated carbocycles. The summed E-state index contributed by atoms with van der Waals surface area (Å²) in [6, 6.07) is 3.56. The number of pyridine rings is 1. The molecule has 5 heteroatoms. The highest BCUT2D eigenvalue weighted by molar-refractivity contribution is 5.94. The van der Waals surface area contributed by atoms with Crippen LogP contribution in [0.1, 0.15) is 36.0 Å². The molecule has 2 aliphatic rings. The molecule has 2 unspecified atom stereocenters. The predicted octanol–water partition coefficient (Wildman–Crippen LogP) is 1.16. The van der Waals surface area contributed by atoms with Crippen molar-refractivity contribution in [3.05, 3.63) is 34.2 Å². The number of hydrogen-bond acceptors (Lipinski definition) is 3. The van der Waals surface area contributed by atoms with Gasteiger partial charge >= 0.3 is 0 Å². The summed E-state index contributed by atoms with van der Waals surface area (Å²) < 4.78 is 5.44. The van der Waals surface area contributed by atoms with E-state index in [0.717, 1.165) is 25.7 Å². The number of H-pyrrole nitrogens is 1. The van der Waals surface area contributed by atoms with Gasteiger partial charge < -0.3 is 14.6 Å². The van der Waals surface area contributed by atoms with Crippen LogP contribution in [0.4, 0.5) is 0 Å². The molecule has 3 heterocycles. The smallest absolute Gasteiger partial charge is 0.255 e. The Morgan fingerprint density at radius 3 is 2.53 bits per heavy atom. The Kier molecular flexibility index (Phi) is 3.14. The molecule has 2 fully saturated rings. The number of carbonyl (C=O) groups excluding carboxylic acids is 1. The number of rotatable bonds is 2. The summed E-state index contributed by atoms with van der Waals surface area (Å²) in [6.45, 7) is 0. The van der Waals surface area contributed by atoms with E-state index in [4.69, 9.17) is 4.74 Å². The Morgan fingerprint density at radius 1 is 1.32 bits per heavy atom. The Morgan fingerprint density at radius 2 is 2.00 bits per heavy atom. The van der Waals surface area contributed by atoms with Gasteiger partial charge in [0.15, 0.2) is 0 Å². The number of aromatic amines is 1. The maximum atomic E-state index is 12.5. The molecule has 2 saturated heterocycles. The summed E-state index contributed by atoms with van der Waals surface area (Å²) in [5, 5.41) is 0. The topological polar surface area (TPSA) is 62.4 Å². The first-order valence-electron chi connectivity index (χ1n) is 6.73. The minimum Gasteiger partial charge on any atom is -0.381 e. The normalized spacial score (nSPS) is 29.5.